The Morgan fingerprint density at radius 1 is 1.25 bits per heavy atom. The summed E-state index contributed by atoms with van der Waals surface area (Å²) < 4.78 is 1.05. The van der Waals surface area contributed by atoms with E-state index in [2.05, 4.69) is 39.2 Å². The van der Waals surface area contributed by atoms with E-state index in [0.717, 1.165) is 34.4 Å². The standard InChI is InChI=1S/C16H18BrClN2/c1-2-7-20-16(10-12-5-8-19-9-6-12)14-11-13(17)3-4-15(14)18/h3-6,8-9,11,16,20H,2,7,10H2,1H3. The van der Waals surface area contributed by atoms with Crippen LogP contribution < -0.4 is 5.32 Å². The van der Waals surface area contributed by atoms with Crippen molar-refractivity contribution >= 4 is 27.5 Å². The summed E-state index contributed by atoms with van der Waals surface area (Å²) in [7, 11) is 0. The molecule has 20 heavy (non-hydrogen) atoms. The molecule has 0 aliphatic carbocycles. The van der Waals surface area contributed by atoms with E-state index in [9.17, 15) is 0 Å². The number of aromatic nitrogens is 1. The van der Waals surface area contributed by atoms with Crippen molar-refractivity contribution in [3.05, 3.63) is 63.3 Å². The maximum absolute atomic E-state index is 6.36. The zero-order valence-electron chi connectivity index (χ0n) is 11.4. The Kier molecular flexibility index (Phi) is 6.02. The van der Waals surface area contributed by atoms with Crippen LogP contribution in [0, 0.1) is 0 Å². The van der Waals surface area contributed by atoms with Crippen molar-refractivity contribution in [1.29, 1.82) is 0 Å². The normalized spacial score (nSPS) is 12.3. The molecule has 2 aromatic rings. The van der Waals surface area contributed by atoms with Crippen LogP contribution in [0.4, 0.5) is 0 Å². The molecule has 0 fully saturated rings. The number of nitrogens with zero attached hydrogens (tertiary/aromatic N) is 1. The third kappa shape index (κ3) is 4.30. The van der Waals surface area contributed by atoms with Gasteiger partial charge in [0, 0.05) is 27.9 Å². The summed E-state index contributed by atoms with van der Waals surface area (Å²) >= 11 is 9.88. The zero-order valence-corrected chi connectivity index (χ0v) is 13.8. The second-order valence-electron chi connectivity index (χ2n) is 4.73. The van der Waals surface area contributed by atoms with Crippen LogP contribution >= 0.6 is 27.5 Å². The second kappa shape index (κ2) is 7.77. The SMILES string of the molecule is CCCNC(Cc1ccncc1)c1cc(Br)ccc1Cl. The Balaban J connectivity index is 2.24. The summed E-state index contributed by atoms with van der Waals surface area (Å²) in [5, 5.41) is 4.38. The van der Waals surface area contributed by atoms with Gasteiger partial charge in [0.1, 0.15) is 0 Å². The summed E-state index contributed by atoms with van der Waals surface area (Å²) in [6, 6.07) is 10.3. The molecule has 1 unspecified atom stereocenters. The van der Waals surface area contributed by atoms with Crippen LogP contribution in [-0.2, 0) is 6.42 Å². The number of benzene rings is 1. The van der Waals surface area contributed by atoms with E-state index in [0.29, 0.717) is 0 Å². The lowest BCUT2D eigenvalue weighted by Crippen LogP contribution is -2.24. The monoisotopic (exact) mass is 352 g/mol. The highest BCUT2D eigenvalue weighted by atomic mass is 79.9. The molecule has 1 aromatic carbocycles. The predicted molar refractivity (Wildman–Crippen MR) is 88.1 cm³/mol. The highest BCUT2D eigenvalue weighted by molar-refractivity contribution is 9.10. The van der Waals surface area contributed by atoms with Crippen LogP contribution in [-0.4, -0.2) is 11.5 Å². The summed E-state index contributed by atoms with van der Waals surface area (Å²) in [5.41, 5.74) is 2.39. The van der Waals surface area contributed by atoms with Crippen molar-refractivity contribution in [3.8, 4) is 0 Å². The van der Waals surface area contributed by atoms with Crippen LogP contribution in [0.15, 0.2) is 47.2 Å². The molecule has 0 bridgehead atoms. The maximum atomic E-state index is 6.36. The lowest BCUT2D eigenvalue weighted by atomic mass is 9.99. The van der Waals surface area contributed by atoms with Crippen LogP contribution in [0.25, 0.3) is 0 Å². The summed E-state index contributed by atoms with van der Waals surface area (Å²) in [6.07, 6.45) is 5.65. The van der Waals surface area contributed by atoms with Gasteiger partial charge in [-0.15, -0.1) is 0 Å². The number of rotatable bonds is 6. The minimum Gasteiger partial charge on any atom is -0.310 e. The molecule has 0 amide bonds. The van der Waals surface area contributed by atoms with Crippen molar-refractivity contribution < 1.29 is 0 Å². The minimum atomic E-state index is 0.211. The van der Waals surface area contributed by atoms with Gasteiger partial charge >= 0.3 is 0 Å². The van der Waals surface area contributed by atoms with E-state index in [1.54, 1.807) is 0 Å². The fourth-order valence-electron chi connectivity index (χ4n) is 2.15. The molecular formula is C16H18BrClN2. The lowest BCUT2D eigenvalue weighted by Gasteiger charge is -2.20. The fourth-order valence-corrected chi connectivity index (χ4v) is 2.77. The number of hydrogen-bond acceptors (Lipinski definition) is 2. The van der Waals surface area contributed by atoms with Crippen molar-refractivity contribution in [2.75, 3.05) is 6.54 Å². The Morgan fingerprint density at radius 2 is 2.00 bits per heavy atom. The van der Waals surface area contributed by atoms with Gasteiger partial charge in [0.05, 0.1) is 0 Å². The summed E-state index contributed by atoms with van der Waals surface area (Å²) in [4.78, 5) is 4.07. The van der Waals surface area contributed by atoms with Crippen molar-refractivity contribution in [3.63, 3.8) is 0 Å². The van der Waals surface area contributed by atoms with Gasteiger partial charge in [-0.2, -0.15) is 0 Å². The maximum Gasteiger partial charge on any atom is 0.0454 e. The van der Waals surface area contributed by atoms with Gasteiger partial charge in [-0.1, -0.05) is 34.5 Å². The van der Waals surface area contributed by atoms with E-state index in [1.165, 1.54) is 5.56 Å². The highest BCUT2D eigenvalue weighted by Crippen LogP contribution is 2.28. The molecule has 0 saturated carbocycles. The van der Waals surface area contributed by atoms with E-state index in [-0.39, 0.29) is 6.04 Å². The molecule has 2 nitrogen and oxygen atoms in total. The fraction of sp³-hybridized carbons (Fsp3) is 0.312. The first-order chi connectivity index (χ1) is 9.70. The molecule has 0 aliphatic rings. The van der Waals surface area contributed by atoms with Crippen molar-refractivity contribution in [2.24, 2.45) is 0 Å². The molecule has 1 atom stereocenters. The van der Waals surface area contributed by atoms with E-state index >= 15 is 0 Å². The van der Waals surface area contributed by atoms with Crippen LogP contribution in [0.2, 0.25) is 5.02 Å². The minimum absolute atomic E-state index is 0.211. The quantitative estimate of drug-likeness (QED) is 0.808. The Bertz CT molecular complexity index is 545. The molecule has 1 heterocycles. The third-order valence-electron chi connectivity index (χ3n) is 3.16. The predicted octanol–water partition coefficient (Wildman–Crippen LogP) is 4.78. The second-order valence-corrected chi connectivity index (χ2v) is 6.06. The smallest absolute Gasteiger partial charge is 0.0454 e. The van der Waals surface area contributed by atoms with Crippen LogP contribution in [0.1, 0.15) is 30.5 Å². The molecule has 4 heteroatoms. The van der Waals surface area contributed by atoms with E-state index < -0.39 is 0 Å². The first-order valence-electron chi connectivity index (χ1n) is 6.78. The number of nitrogens with one attached hydrogen (secondary N) is 1. The Labute approximate surface area is 133 Å². The Morgan fingerprint density at radius 3 is 2.70 bits per heavy atom. The molecule has 0 aliphatic heterocycles. The van der Waals surface area contributed by atoms with Crippen LogP contribution in [0.5, 0.6) is 0 Å². The van der Waals surface area contributed by atoms with Gasteiger partial charge in [-0.05, 0) is 60.8 Å². The van der Waals surface area contributed by atoms with E-state index in [4.69, 9.17) is 11.6 Å². The van der Waals surface area contributed by atoms with Gasteiger partial charge in [0.25, 0.3) is 0 Å². The molecule has 1 aromatic heterocycles. The largest absolute Gasteiger partial charge is 0.310 e. The molecule has 1 N–H and O–H groups in total. The third-order valence-corrected chi connectivity index (χ3v) is 4.00. The average Bonchev–Trinajstić information content (AvgIpc) is 2.47. The van der Waals surface area contributed by atoms with Gasteiger partial charge in [-0.3, -0.25) is 4.98 Å². The van der Waals surface area contributed by atoms with Crippen molar-refractivity contribution in [1.82, 2.24) is 10.3 Å². The number of pyridine rings is 1. The van der Waals surface area contributed by atoms with Crippen molar-refractivity contribution in [2.45, 2.75) is 25.8 Å². The van der Waals surface area contributed by atoms with Gasteiger partial charge in [0.2, 0.25) is 0 Å². The van der Waals surface area contributed by atoms with Gasteiger partial charge in [0.15, 0.2) is 0 Å². The zero-order chi connectivity index (χ0) is 14.4. The molecule has 2 rings (SSSR count). The molecule has 106 valence electrons. The molecule has 0 radical (unpaired) electrons. The lowest BCUT2D eigenvalue weighted by molar-refractivity contribution is 0.529. The van der Waals surface area contributed by atoms with Gasteiger partial charge in [-0.25, -0.2) is 0 Å². The first-order valence-corrected chi connectivity index (χ1v) is 7.95. The number of hydrogen-bond donors (Lipinski definition) is 1. The van der Waals surface area contributed by atoms with E-state index in [1.807, 2.05) is 36.7 Å². The number of halogens is 2. The highest BCUT2D eigenvalue weighted by Gasteiger charge is 2.15. The topological polar surface area (TPSA) is 24.9 Å². The molecule has 0 saturated heterocycles. The summed E-state index contributed by atoms with van der Waals surface area (Å²) in [6.45, 7) is 3.14. The van der Waals surface area contributed by atoms with Gasteiger partial charge < -0.3 is 5.32 Å². The average molecular weight is 354 g/mol. The first kappa shape index (κ1) is 15.5. The Hall–Kier alpha value is -0.900. The molecular weight excluding hydrogens is 336 g/mol. The van der Waals surface area contributed by atoms with Crippen LogP contribution in [0.3, 0.4) is 0 Å². The summed E-state index contributed by atoms with van der Waals surface area (Å²) in [5.74, 6) is 0. The molecule has 0 spiro atoms.